The van der Waals surface area contributed by atoms with Crippen LogP contribution in [0.2, 0.25) is 5.02 Å². The summed E-state index contributed by atoms with van der Waals surface area (Å²) in [4.78, 5) is 3.57. The maximum atomic E-state index is 13.7. The van der Waals surface area contributed by atoms with Crippen molar-refractivity contribution in [2.24, 2.45) is 0 Å². The monoisotopic (exact) mass is 290 g/mol. The minimum atomic E-state index is -4.65. The van der Waals surface area contributed by atoms with Crippen molar-refractivity contribution in [2.45, 2.75) is 6.18 Å². The number of halogens is 5. The molecule has 0 atom stereocenters. The quantitative estimate of drug-likeness (QED) is 0.802. The molecule has 0 radical (unpaired) electrons. The number of alkyl halides is 3. The zero-order valence-electron chi connectivity index (χ0n) is 9.30. The molecular formula is C12H7ClF4N2. The fourth-order valence-electron chi connectivity index (χ4n) is 1.63. The number of aromatic nitrogens is 1. The number of anilines is 1. The minimum absolute atomic E-state index is 0.0956. The molecule has 0 bridgehead atoms. The van der Waals surface area contributed by atoms with Gasteiger partial charge in [-0.25, -0.2) is 9.37 Å². The van der Waals surface area contributed by atoms with Gasteiger partial charge in [0, 0.05) is 22.3 Å². The van der Waals surface area contributed by atoms with Crippen LogP contribution in [0.5, 0.6) is 0 Å². The Morgan fingerprint density at radius 1 is 1.11 bits per heavy atom. The first kappa shape index (κ1) is 13.6. The molecule has 0 fully saturated rings. The fraction of sp³-hybridized carbons (Fsp3) is 0.0833. The van der Waals surface area contributed by atoms with E-state index in [2.05, 4.69) is 4.98 Å². The normalized spacial score (nSPS) is 11.6. The van der Waals surface area contributed by atoms with Crippen molar-refractivity contribution >= 4 is 17.4 Å². The Bertz CT molecular complexity index is 626. The number of rotatable bonds is 1. The number of pyridine rings is 1. The summed E-state index contributed by atoms with van der Waals surface area (Å²) >= 11 is 5.56. The van der Waals surface area contributed by atoms with E-state index < -0.39 is 17.6 Å². The van der Waals surface area contributed by atoms with Crippen LogP contribution in [0.15, 0.2) is 30.5 Å². The van der Waals surface area contributed by atoms with Gasteiger partial charge in [-0.1, -0.05) is 11.6 Å². The highest BCUT2D eigenvalue weighted by Crippen LogP contribution is 2.38. The Balaban J connectivity index is 2.68. The van der Waals surface area contributed by atoms with Crippen molar-refractivity contribution in [1.29, 1.82) is 0 Å². The van der Waals surface area contributed by atoms with Gasteiger partial charge in [0.05, 0.1) is 5.56 Å². The number of nitrogens with two attached hydrogens (primary N) is 1. The summed E-state index contributed by atoms with van der Waals surface area (Å²) in [5, 5.41) is 0.0956. The maximum Gasteiger partial charge on any atom is 0.417 e. The van der Waals surface area contributed by atoms with Gasteiger partial charge in [-0.15, -0.1) is 0 Å². The van der Waals surface area contributed by atoms with Gasteiger partial charge in [0.1, 0.15) is 11.6 Å². The van der Waals surface area contributed by atoms with Crippen molar-refractivity contribution in [1.82, 2.24) is 4.98 Å². The van der Waals surface area contributed by atoms with Crippen LogP contribution in [0.4, 0.5) is 23.4 Å². The van der Waals surface area contributed by atoms with E-state index in [1.807, 2.05) is 0 Å². The third-order valence-electron chi connectivity index (χ3n) is 2.45. The zero-order chi connectivity index (χ0) is 14.2. The molecular weight excluding hydrogens is 284 g/mol. The Kier molecular flexibility index (Phi) is 3.36. The molecule has 2 N–H and O–H groups in total. The molecule has 2 rings (SSSR count). The smallest absolute Gasteiger partial charge is 0.384 e. The summed E-state index contributed by atoms with van der Waals surface area (Å²) in [7, 11) is 0. The Morgan fingerprint density at radius 3 is 2.37 bits per heavy atom. The summed E-state index contributed by atoms with van der Waals surface area (Å²) in [5.74, 6) is -1.14. The summed E-state index contributed by atoms with van der Waals surface area (Å²) in [6, 6.07) is 4.08. The highest BCUT2D eigenvalue weighted by atomic mass is 35.5. The van der Waals surface area contributed by atoms with Gasteiger partial charge < -0.3 is 5.73 Å². The van der Waals surface area contributed by atoms with E-state index >= 15 is 0 Å². The average Bonchev–Trinajstić information content (AvgIpc) is 2.28. The lowest BCUT2D eigenvalue weighted by Crippen LogP contribution is -2.09. The minimum Gasteiger partial charge on any atom is -0.384 e. The molecule has 0 saturated heterocycles. The van der Waals surface area contributed by atoms with Crippen molar-refractivity contribution in [3.8, 4) is 11.1 Å². The molecule has 1 heterocycles. The van der Waals surface area contributed by atoms with E-state index in [1.54, 1.807) is 0 Å². The maximum absolute atomic E-state index is 13.7. The standard InChI is InChI=1S/C12H7ClF4N2/c13-6-1-2-7(10(14)3-6)8-5-19-11(18)4-9(8)12(15,16)17/h1-5H,(H2,18,19). The number of nitrogens with zero attached hydrogens (tertiary/aromatic N) is 1. The molecule has 0 saturated carbocycles. The Morgan fingerprint density at radius 2 is 1.79 bits per heavy atom. The van der Waals surface area contributed by atoms with Gasteiger partial charge in [0.25, 0.3) is 0 Å². The number of benzene rings is 1. The van der Waals surface area contributed by atoms with E-state index in [0.717, 1.165) is 12.3 Å². The largest absolute Gasteiger partial charge is 0.417 e. The second-order valence-corrected chi connectivity index (χ2v) is 4.21. The predicted molar refractivity (Wildman–Crippen MR) is 64.1 cm³/mol. The Labute approximate surface area is 110 Å². The van der Waals surface area contributed by atoms with Gasteiger partial charge >= 0.3 is 6.18 Å². The summed E-state index contributed by atoms with van der Waals surface area (Å²) in [5.41, 5.74) is 3.59. The second kappa shape index (κ2) is 4.70. The summed E-state index contributed by atoms with van der Waals surface area (Å²) < 4.78 is 52.4. The molecule has 0 aliphatic heterocycles. The van der Waals surface area contributed by atoms with Crippen molar-refractivity contribution < 1.29 is 17.6 Å². The summed E-state index contributed by atoms with van der Waals surface area (Å²) in [6.45, 7) is 0. The Hall–Kier alpha value is -1.82. The molecule has 0 spiro atoms. The van der Waals surface area contributed by atoms with Crippen LogP contribution in [0.1, 0.15) is 5.56 Å². The van der Waals surface area contributed by atoms with Crippen LogP contribution >= 0.6 is 11.6 Å². The lowest BCUT2D eigenvalue weighted by atomic mass is 10.0. The first-order valence-corrected chi connectivity index (χ1v) is 5.45. The van der Waals surface area contributed by atoms with Gasteiger partial charge in [-0.05, 0) is 24.3 Å². The lowest BCUT2D eigenvalue weighted by Gasteiger charge is -2.13. The van der Waals surface area contributed by atoms with Gasteiger partial charge in [-0.3, -0.25) is 0 Å². The predicted octanol–water partition coefficient (Wildman–Crippen LogP) is 4.14. The van der Waals surface area contributed by atoms with Gasteiger partial charge in [0.2, 0.25) is 0 Å². The van der Waals surface area contributed by atoms with E-state index in [-0.39, 0.29) is 22.0 Å². The van der Waals surface area contributed by atoms with Crippen LogP contribution in [0, 0.1) is 5.82 Å². The van der Waals surface area contributed by atoms with Crippen LogP contribution < -0.4 is 5.73 Å². The van der Waals surface area contributed by atoms with Crippen LogP contribution in [0.25, 0.3) is 11.1 Å². The van der Waals surface area contributed by atoms with Crippen LogP contribution in [0.3, 0.4) is 0 Å². The highest BCUT2D eigenvalue weighted by Gasteiger charge is 2.34. The molecule has 1 aromatic carbocycles. The molecule has 100 valence electrons. The molecule has 0 unspecified atom stereocenters. The van der Waals surface area contributed by atoms with Crippen molar-refractivity contribution in [2.75, 3.05) is 5.73 Å². The molecule has 0 aliphatic carbocycles. The van der Waals surface area contributed by atoms with E-state index in [9.17, 15) is 17.6 Å². The second-order valence-electron chi connectivity index (χ2n) is 3.78. The third-order valence-corrected chi connectivity index (χ3v) is 2.69. The molecule has 2 aromatic rings. The SMILES string of the molecule is Nc1cc(C(F)(F)F)c(-c2ccc(Cl)cc2F)cn1. The topological polar surface area (TPSA) is 38.9 Å². The molecule has 19 heavy (non-hydrogen) atoms. The van der Waals surface area contributed by atoms with E-state index in [4.69, 9.17) is 17.3 Å². The number of hydrogen-bond acceptors (Lipinski definition) is 2. The lowest BCUT2D eigenvalue weighted by molar-refractivity contribution is -0.137. The number of nitrogen functional groups attached to an aromatic ring is 1. The number of hydrogen-bond donors (Lipinski definition) is 1. The average molecular weight is 291 g/mol. The van der Waals surface area contributed by atoms with Gasteiger partial charge in [-0.2, -0.15) is 13.2 Å². The first-order valence-electron chi connectivity index (χ1n) is 5.07. The first-order chi connectivity index (χ1) is 8.79. The van der Waals surface area contributed by atoms with Crippen LogP contribution in [-0.2, 0) is 6.18 Å². The van der Waals surface area contributed by atoms with Gasteiger partial charge in [0.15, 0.2) is 0 Å². The third kappa shape index (κ3) is 2.78. The van der Waals surface area contributed by atoms with Crippen LogP contribution in [-0.4, -0.2) is 4.98 Å². The molecule has 0 aliphatic rings. The van der Waals surface area contributed by atoms with Crippen molar-refractivity contribution in [3.05, 3.63) is 46.9 Å². The molecule has 1 aromatic heterocycles. The van der Waals surface area contributed by atoms with E-state index in [0.29, 0.717) is 6.07 Å². The molecule has 0 amide bonds. The molecule has 7 heteroatoms. The van der Waals surface area contributed by atoms with E-state index in [1.165, 1.54) is 12.1 Å². The fourth-order valence-corrected chi connectivity index (χ4v) is 1.79. The molecule has 2 nitrogen and oxygen atoms in total. The highest BCUT2D eigenvalue weighted by molar-refractivity contribution is 6.30. The van der Waals surface area contributed by atoms with Crippen molar-refractivity contribution in [3.63, 3.8) is 0 Å². The zero-order valence-corrected chi connectivity index (χ0v) is 10.1. The summed E-state index contributed by atoms with van der Waals surface area (Å²) in [6.07, 6.45) is -3.76.